The van der Waals surface area contributed by atoms with Crippen LogP contribution in [-0.4, -0.2) is 20.9 Å². The van der Waals surface area contributed by atoms with Crippen molar-refractivity contribution in [1.29, 1.82) is 0 Å². The van der Waals surface area contributed by atoms with Crippen LogP contribution in [0.3, 0.4) is 0 Å². The Hall–Kier alpha value is -2.31. The summed E-state index contributed by atoms with van der Waals surface area (Å²) in [4.78, 5) is 25.4. The first kappa shape index (κ1) is 15.6. The lowest BCUT2D eigenvalue weighted by Gasteiger charge is -2.02. The summed E-state index contributed by atoms with van der Waals surface area (Å²) >= 11 is 7.63. The molecule has 3 rings (SSSR count). The van der Waals surface area contributed by atoms with Crippen molar-refractivity contribution in [3.8, 4) is 0 Å². The fraction of sp³-hybridized carbons (Fsp3) is 0.125. The number of aromatic nitrogens is 3. The number of amides is 1. The third-order valence-electron chi connectivity index (χ3n) is 3.22. The summed E-state index contributed by atoms with van der Waals surface area (Å²) in [5, 5.41) is 4.02. The molecule has 1 amide bonds. The Balaban J connectivity index is 1.76. The van der Waals surface area contributed by atoms with Crippen LogP contribution in [0.2, 0.25) is 5.02 Å². The Morgan fingerprint density at radius 3 is 2.87 bits per heavy atom. The van der Waals surface area contributed by atoms with E-state index in [4.69, 9.17) is 11.6 Å². The topological polar surface area (TPSA) is 67.8 Å². The molecule has 23 heavy (non-hydrogen) atoms. The smallest absolute Gasteiger partial charge is 0.277 e. The number of hydrogen-bond acceptors (Lipinski definition) is 5. The lowest BCUT2D eigenvalue weighted by molar-refractivity contribution is 0.102. The van der Waals surface area contributed by atoms with Gasteiger partial charge in [-0.25, -0.2) is 9.97 Å². The molecule has 3 aromatic rings. The van der Waals surface area contributed by atoms with E-state index in [1.165, 1.54) is 29.9 Å². The Morgan fingerprint density at radius 1 is 1.30 bits per heavy atom. The monoisotopic (exact) mass is 344 g/mol. The Morgan fingerprint density at radius 2 is 2.13 bits per heavy atom. The molecule has 116 valence electrons. The molecule has 0 fully saturated rings. The van der Waals surface area contributed by atoms with E-state index >= 15 is 0 Å². The maximum absolute atomic E-state index is 12.1. The van der Waals surface area contributed by atoms with Gasteiger partial charge in [0.25, 0.3) is 5.91 Å². The highest BCUT2D eigenvalue weighted by atomic mass is 35.5. The SMILES string of the molecule is Cc1nc(NC(=O)c2cnccn2)sc1Cc1ccccc1Cl. The Kier molecular flexibility index (Phi) is 4.64. The summed E-state index contributed by atoms with van der Waals surface area (Å²) in [5.74, 6) is -0.323. The van der Waals surface area contributed by atoms with Crippen molar-refractivity contribution in [2.24, 2.45) is 0 Å². The van der Waals surface area contributed by atoms with Crippen LogP contribution >= 0.6 is 22.9 Å². The third kappa shape index (κ3) is 3.72. The molecule has 0 spiro atoms. The number of nitrogens with one attached hydrogen (secondary N) is 1. The zero-order valence-corrected chi connectivity index (χ0v) is 13.9. The molecule has 0 aliphatic heterocycles. The lowest BCUT2D eigenvalue weighted by Crippen LogP contribution is -2.13. The van der Waals surface area contributed by atoms with Gasteiger partial charge in [-0.3, -0.25) is 15.1 Å². The van der Waals surface area contributed by atoms with Crippen LogP contribution < -0.4 is 5.32 Å². The number of aryl methyl sites for hydroxylation is 1. The Bertz CT molecular complexity index is 835. The van der Waals surface area contributed by atoms with Gasteiger partial charge in [0.05, 0.1) is 11.9 Å². The first-order valence-electron chi connectivity index (χ1n) is 6.90. The summed E-state index contributed by atoms with van der Waals surface area (Å²) in [5.41, 5.74) is 2.17. The van der Waals surface area contributed by atoms with Crippen LogP contribution in [0.4, 0.5) is 5.13 Å². The highest BCUT2D eigenvalue weighted by molar-refractivity contribution is 7.15. The van der Waals surface area contributed by atoms with E-state index in [1.807, 2.05) is 31.2 Å². The van der Waals surface area contributed by atoms with E-state index in [-0.39, 0.29) is 11.6 Å². The average Bonchev–Trinajstić information content (AvgIpc) is 2.90. The molecule has 0 saturated heterocycles. The maximum Gasteiger partial charge on any atom is 0.277 e. The molecule has 0 radical (unpaired) electrons. The van der Waals surface area contributed by atoms with Crippen LogP contribution in [-0.2, 0) is 6.42 Å². The van der Waals surface area contributed by atoms with E-state index in [2.05, 4.69) is 20.3 Å². The van der Waals surface area contributed by atoms with Crippen molar-refractivity contribution in [1.82, 2.24) is 15.0 Å². The summed E-state index contributed by atoms with van der Waals surface area (Å²) in [7, 11) is 0. The van der Waals surface area contributed by atoms with Crippen molar-refractivity contribution in [3.63, 3.8) is 0 Å². The molecule has 0 atom stereocenters. The first-order chi connectivity index (χ1) is 11.1. The quantitative estimate of drug-likeness (QED) is 0.782. The van der Waals surface area contributed by atoms with Crippen molar-refractivity contribution < 1.29 is 4.79 Å². The van der Waals surface area contributed by atoms with E-state index < -0.39 is 0 Å². The number of nitrogens with zero attached hydrogens (tertiary/aromatic N) is 3. The molecule has 0 bridgehead atoms. The van der Waals surface area contributed by atoms with E-state index in [0.29, 0.717) is 11.6 Å². The number of halogens is 1. The van der Waals surface area contributed by atoms with Crippen LogP contribution in [0.1, 0.15) is 26.6 Å². The number of rotatable bonds is 4. The normalized spacial score (nSPS) is 10.5. The number of anilines is 1. The van der Waals surface area contributed by atoms with Gasteiger partial charge < -0.3 is 0 Å². The minimum Gasteiger partial charge on any atom is -0.296 e. The van der Waals surface area contributed by atoms with Crippen LogP contribution in [0, 0.1) is 6.92 Å². The Labute approximate surface area is 142 Å². The summed E-state index contributed by atoms with van der Waals surface area (Å²) in [6.45, 7) is 1.92. The molecular weight excluding hydrogens is 332 g/mol. The first-order valence-corrected chi connectivity index (χ1v) is 8.10. The second-order valence-corrected chi connectivity index (χ2v) is 6.33. The van der Waals surface area contributed by atoms with E-state index in [9.17, 15) is 4.79 Å². The molecule has 0 aliphatic rings. The van der Waals surface area contributed by atoms with Gasteiger partial charge >= 0.3 is 0 Å². The van der Waals surface area contributed by atoms with Gasteiger partial charge in [-0.2, -0.15) is 0 Å². The highest BCUT2D eigenvalue weighted by Gasteiger charge is 2.13. The molecule has 2 aromatic heterocycles. The van der Waals surface area contributed by atoms with Gasteiger partial charge in [0.2, 0.25) is 0 Å². The molecule has 2 heterocycles. The average molecular weight is 345 g/mol. The maximum atomic E-state index is 12.1. The van der Waals surface area contributed by atoms with Crippen molar-refractivity contribution >= 4 is 34.0 Å². The molecular formula is C16H13ClN4OS. The minimum absolute atomic E-state index is 0.257. The van der Waals surface area contributed by atoms with Crippen molar-refractivity contribution in [2.45, 2.75) is 13.3 Å². The number of carbonyl (C=O) groups excluding carboxylic acids is 1. The standard InChI is InChI=1S/C16H13ClN4OS/c1-10-14(8-11-4-2-3-5-12(11)17)23-16(20-10)21-15(22)13-9-18-6-7-19-13/h2-7,9H,8H2,1H3,(H,20,21,22). The second-order valence-electron chi connectivity index (χ2n) is 4.84. The number of benzene rings is 1. The molecule has 0 aliphatic carbocycles. The summed E-state index contributed by atoms with van der Waals surface area (Å²) in [6, 6.07) is 7.70. The molecule has 0 saturated carbocycles. The van der Waals surface area contributed by atoms with Crippen LogP contribution in [0.5, 0.6) is 0 Å². The fourth-order valence-electron chi connectivity index (χ4n) is 2.04. The van der Waals surface area contributed by atoms with Crippen LogP contribution in [0.15, 0.2) is 42.9 Å². The van der Waals surface area contributed by atoms with Gasteiger partial charge in [0.1, 0.15) is 5.69 Å². The largest absolute Gasteiger partial charge is 0.296 e. The third-order valence-corrected chi connectivity index (χ3v) is 4.66. The lowest BCUT2D eigenvalue weighted by atomic mass is 10.1. The van der Waals surface area contributed by atoms with E-state index in [1.54, 1.807) is 0 Å². The van der Waals surface area contributed by atoms with Gasteiger partial charge in [-0.05, 0) is 18.6 Å². The van der Waals surface area contributed by atoms with Crippen LogP contribution in [0.25, 0.3) is 0 Å². The number of thiazole rings is 1. The molecule has 0 unspecified atom stereocenters. The number of carbonyl (C=O) groups is 1. The molecule has 1 aromatic carbocycles. The van der Waals surface area contributed by atoms with Crippen molar-refractivity contribution in [3.05, 3.63) is 69.7 Å². The number of hydrogen-bond donors (Lipinski definition) is 1. The summed E-state index contributed by atoms with van der Waals surface area (Å²) < 4.78 is 0. The highest BCUT2D eigenvalue weighted by Crippen LogP contribution is 2.27. The van der Waals surface area contributed by atoms with Crippen molar-refractivity contribution in [2.75, 3.05) is 5.32 Å². The van der Waals surface area contributed by atoms with Gasteiger partial charge in [0.15, 0.2) is 5.13 Å². The van der Waals surface area contributed by atoms with E-state index in [0.717, 1.165) is 21.2 Å². The molecule has 7 heteroatoms. The predicted molar refractivity (Wildman–Crippen MR) is 91.1 cm³/mol. The zero-order chi connectivity index (χ0) is 16.2. The van der Waals surface area contributed by atoms with Gasteiger partial charge in [-0.1, -0.05) is 29.8 Å². The minimum atomic E-state index is -0.323. The fourth-order valence-corrected chi connectivity index (χ4v) is 3.22. The zero-order valence-electron chi connectivity index (χ0n) is 12.3. The summed E-state index contributed by atoms with van der Waals surface area (Å²) in [6.07, 6.45) is 5.10. The van der Waals surface area contributed by atoms with Gasteiger partial charge in [0, 0.05) is 28.7 Å². The van der Waals surface area contributed by atoms with Gasteiger partial charge in [-0.15, -0.1) is 11.3 Å². The second kappa shape index (κ2) is 6.85. The molecule has 1 N–H and O–H groups in total. The molecule has 5 nitrogen and oxygen atoms in total. The predicted octanol–water partition coefficient (Wildman–Crippen LogP) is 3.74.